The number of rotatable bonds is 3. The van der Waals surface area contributed by atoms with Crippen LogP contribution >= 0.6 is 17.7 Å². The van der Waals surface area contributed by atoms with Gasteiger partial charge in [-0.2, -0.15) is 0 Å². The van der Waals surface area contributed by atoms with E-state index in [1.165, 1.54) is 12.8 Å². The van der Waals surface area contributed by atoms with E-state index in [9.17, 15) is 0 Å². The molecule has 0 N–H and O–H groups in total. The summed E-state index contributed by atoms with van der Waals surface area (Å²) in [6, 6.07) is 0. The Morgan fingerprint density at radius 2 is 2.00 bits per heavy atom. The summed E-state index contributed by atoms with van der Waals surface area (Å²) in [5.41, 5.74) is 0. The van der Waals surface area contributed by atoms with Crippen molar-refractivity contribution < 1.29 is 0 Å². The molecule has 0 atom stereocenters. The van der Waals surface area contributed by atoms with E-state index in [4.69, 9.17) is 17.7 Å². The minimum atomic E-state index is -1.59. The van der Waals surface area contributed by atoms with E-state index in [0.717, 1.165) is 4.37 Å². The van der Waals surface area contributed by atoms with Gasteiger partial charge < -0.3 is 0 Å². The molecule has 7 heavy (non-hydrogen) atoms. The van der Waals surface area contributed by atoms with Crippen LogP contribution in [0.4, 0.5) is 0 Å². The Hall–Kier alpha value is 1.40. The zero-order valence-corrected chi connectivity index (χ0v) is 8.39. The molecule has 0 aliphatic heterocycles. The van der Waals surface area contributed by atoms with Crippen LogP contribution < -0.4 is 0 Å². The predicted octanol–water partition coefficient (Wildman–Crippen LogP) is 2.75. The van der Waals surface area contributed by atoms with Gasteiger partial charge in [-0.3, -0.25) is 0 Å². The molecule has 0 heterocycles. The monoisotopic (exact) mass is 248 g/mol. The average molecular weight is 250 g/mol. The Kier molecular flexibility index (Phi) is 6.64. The molecule has 0 unspecified atom stereocenters. The number of unbranched alkanes of at least 4 members (excludes halogenated alkanes) is 1. The van der Waals surface area contributed by atoms with Crippen LogP contribution in [0.1, 0.15) is 19.8 Å². The molecule has 0 aromatic carbocycles. The first-order valence-corrected chi connectivity index (χ1v) is 10.6. The van der Waals surface area contributed by atoms with Gasteiger partial charge in [-0.1, -0.05) is 0 Å². The Morgan fingerprint density at radius 1 is 1.43 bits per heavy atom. The van der Waals surface area contributed by atoms with E-state index < -0.39 is 17.9 Å². The van der Waals surface area contributed by atoms with Crippen LogP contribution in [0.2, 0.25) is 4.37 Å². The average Bonchev–Trinajstić information content (AvgIpc) is 1.61. The van der Waals surface area contributed by atoms with Crippen molar-refractivity contribution in [2.75, 3.05) is 0 Å². The molecule has 0 radical (unpaired) electrons. The van der Waals surface area contributed by atoms with E-state index in [0.29, 0.717) is 0 Å². The fraction of sp³-hybridized carbons (Fsp3) is 1.00. The van der Waals surface area contributed by atoms with Gasteiger partial charge in [0, 0.05) is 0 Å². The first-order chi connectivity index (χ1) is 3.27. The third-order valence-electron chi connectivity index (χ3n) is 0.681. The van der Waals surface area contributed by atoms with E-state index in [1.807, 2.05) is 0 Å². The molecule has 0 aromatic heterocycles. The Labute approximate surface area is 59.5 Å². The standard InChI is InChI=1S/C4H9.2ClH.Sb/c1-3-4-2;;;/h1,3-4H2,2H3;2*1H;/q;;;+2/p-2. The first-order valence-electron chi connectivity index (χ1n) is 2.36. The van der Waals surface area contributed by atoms with E-state index >= 15 is 0 Å². The van der Waals surface area contributed by atoms with Crippen LogP contribution in [-0.4, -0.2) is 17.9 Å². The van der Waals surface area contributed by atoms with E-state index in [-0.39, 0.29) is 0 Å². The molecule has 0 spiro atoms. The van der Waals surface area contributed by atoms with E-state index in [1.54, 1.807) is 0 Å². The van der Waals surface area contributed by atoms with Gasteiger partial charge >= 0.3 is 59.7 Å². The molecule has 0 bridgehead atoms. The maximum atomic E-state index is 5.61. The second kappa shape index (κ2) is 5.53. The van der Waals surface area contributed by atoms with Crippen LogP contribution in [-0.2, 0) is 0 Å². The van der Waals surface area contributed by atoms with E-state index in [2.05, 4.69) is 6.92 Å². The van der Waals surface area contributed by atoms with Gasteiger partial charge in [-0.15, -0.1) is 0 Å². The summed E-state index contributed by atoms with van der Waals surface area (Å²) in [5.74, 6) is 0. The van der Waals surface area contributed by atoms with Crippen LogP contribution in [0.3, 0.4) is 0 Å². The molecule has 0 aromatic rings. The Bertz CT molecular complexity index is 38.7. The van der Waals surface area contributed by atoms with Gasteiger partial charge in [0.2, 0.25) is 0 Å². The second-order valence-electron chi connectivity index (χ2n) is 1.38. The summed E-state index contributed by atoms with van der Waals surface area (Å²) in [7, 11) is 11.2. The van der Waals surface area contributed by atoms with Crippen LogP contribution in [0.5, 0.6) is 0 Å². The van der Waals surface area contributed by atoms with Crippen molar-refractivity contribution >= 4 is 35.6 Å². The summed E-state index contributed by atoms with van der Waals surface area (Å²) >= 11 is -1.59. The summed E-state index contributed by atoms with van der Waals surface area (Å²) in [5, 5.41) is 0. The summed E-state index contributed by atoms with van der Waals surface area (Å²) in [6.45, 7) is 2.15. The van der Waals surface area contributed by atoms with Gasteiger partial charge in [0.1, 0.15) is 0 Å². The normalized spacial score (nSPS) is 10.3. The van der Waals surface area contributed by atoms with Crippen molar-refractivity contribution in [3.63, 3.8) is 0 Å². The molecule has 0 nitrogen and oxygen atoms in total. The van der Waals surface area contributed by atoms with Crippen LogP contribution in [0.15, 0.2) is 0 Å². The first kappa shape index (κ1) is 8.40. The Morgan fingerprint density at radius 3 is 2.14 bits per heavy atom. The molecule has 0 saturated carbocycles. The quantitative estimate of drug-likeness (QED) is 0.675. The van der Waals surface area contributed by atoms with Crippen LogP contribution in [0.25, 0.3) is 0 Å². The number of halogens is 2. The molecule has 0 aliphatic carbocycles. The van der Waals surface area contributed by atoms with Crippen molar-refractivity contribution in [1.82, 2.24) is 0 Å². The molecule has 0 saturated heterocycles. The zero-order valence-electron chi connectivity index (χ0n) is 4.32. The number of hydrogen-bond donors (Lipinski definition) is 0. The molecule has 0 rings (SSSR count). The van der Waals surface area contributed by atoms with Crippen molar-refractivity contribution in [3.05, 3.63) is 0 Å². The fourth-order valence-electron chi connectivity index (χ4n) is 0.278. The molecule has 44 valence electrons. The molecule has 0 amide bonds. The molecular weight excluding hydrogens is 241 g/mol. The van der Waals surface area contributed by atoms with Gasteiger partial charge in [-0.05, 0) is 0 Å². The maximum absolute atomic E-state index is 5.61. The third-order valence-corrected chi connectivity index (χ3v) is 4.82. The topological polar surface area (TPSA) is 0 Å². The van der Waals surface area contributed by atoms with Crippen molar-refractivity contribution in [1.29, 1.82) is 0 Å². The zero-order chi connectivity index (χ0) is 5.70. The third kappa shape index (κ3) is 7.40. The summed E-state index contributed by atoms with van der Waals surface area (Å²) < 4.78 is 1.11. The summed E-state index contributed by atoms with van der Waals surface area (Å²) in [6.07, 6.45) is 2.44. The van der Waals surface area contributed by atoms with Gasteiger partial charge in [0.25, 0.3) is 0 Å². The predicted molar refractivity (Wildman–Crippen MR) is 37.2 cm³/mol. The SMILES string of the molecule is CCC[CH2][Sb]([Cl])[Cl]. The molecule has 0 aliphatic rings. The van der Waals surface area contributed by atoms with Gasteiger partial charge in [-0.25, -0.2) is 0 Å². The summed E-state index contributed by atoms with van der Waals surface area (Å²) in [4.78, 5) is 0. The van der Waals surface area contributed by atoms with Gasteiger partial charge in [0.05, 0.1) is 0 Å². The molecule has 0 fully saturated rings. The Balaban J connectivity index is 2.68. The molecular formula is C4H9Cl2Sb. The van der Waals surface area contributed by atoms with Crippen molar-refractivity contribution in [3.8, 4) is 0 Å². The van der Waals surface area contributed by atoms with Crippen LogP contribution in [0, 0.1) is 0 Å². The van der Waals surface area contributed by atoms with Crippen molar-refractivity contribution in [2.24, 2.45) is 0 Å². The number of hydrogen-bond acceptors (Lipinski definition) is 0. The van der Waals surface area contributed by atoms with Crippen molar-refractivity contribution in [2.45, 2.75) is 24.1 Å². The fourth-order valence-corrected chi connectivity index (χ4v) is 3.47. The molecule has 3 heteroatoms. The van der Waals surface area contributed by atoms with Gasteiger partial charge in [0.15, 0.2) is 0 Å². The second-order valence-corrected chi connectivity index (χ2v) is 11.0. The minimum absolute atomic E-state index is 1.11.